The van der Waals surface area contributed by atoms with Crippen molar-refractivity contribution in [3.63, 3.8) is 0 Å². The number of nitrogens with one attached hydrogen (secondary N) is 1. The molecule has 0 bridgehead atoms. The minimum Gasteiger partial charge on any atom is -0.867 e. The van der Waals surface area contributed by atoms with E-state index in [1.807, 2.05) is 24.3 Å². The van der Waals surface area contributed by atoms with Gasteiger partial charge in [-0.25, -0.2) is 0 Å². The molecular formula is C18H18ClN3O3. The molecule has 6 nitrogen and oxygen atoms in total. The smallest absolute Gasteiger partial charge is 0.263 e. The normalized spacial score (nSPS) is 15.1. The zero-order chi connectivity index (χ0) is 17.8. The number of hydrogen-bond donors (Lipinski definition) is 1. The predicted molar refractivity (Wildman–Crippen MR) is 94.9 cm³/mol. The van der Waals surface area contributed by atoms with Crippen molar-refractivity contribution >= 4 is 29.2 Å². The van der Waals surface area contributed by atoms with Crippen molar-refractivity contribution in [2.75, 3.05) is 13.1 Å². The third-order valence-electron chi connectivity index (χ3n) is 4.31. The van der Waals surface area contributed by atoms with E-state index in [0.717, 1.165) is 12.6 Å². The van der Waals surface area contributed by atoms with Crippen molar-refractivity contribution < 1.29 is 14.9 Å². The van der Waals surface area contributed by atoms with Gasteiger partial charge in [-0.15, -0.1) is 0 Å². The maximum absolute atomic E-state index is 12.0. The summed E-state index contributed by atoms with van der Waals surface area (Å²) in [5.41, 5.74) is 1.49. The Morgan fingerprint density at radius 3 is 2.52 bits per heavy atom. The van der Waals surface area contributed by atoms with Gasteiger partial charge in [0.2, 0.25) is 0 Å². The van der Waals surface area contributed by atoms with Gasteiger partial charge in [0.1, 0.15) is 6.54 Å². The van der Waals surface area contributed by atoms with Gasteiger partial charge in [0.05, 0.1) is 23.7 Å². The molecule has 130 valence electrons. The lowest BCUT2D eigenvalue weighted by molar-refractivity contribution is -0.901. The molecule has 25 heavy (non-hydrogen) atoms. The fourth-order valence-electron chi connectivity index (χ4n) is 3.02. The second-order valence-electron chi connectivity index (χ2n) is 6.16. The summed E-state index contributed by atoms with van der Waals surface area (Å²) in [6.45, 7) is 3.45. The molecule has 1 aliphatic rings. The Kier molecular flexibility index (Phi) is 5.31. The van der Waals surface area contributed by atoms with E-state index in [9.17, 15) is 15.2 Å². The molecule has 1 fully saturated rings. The standard InChI is InChI=1S/C18H18ClN3O3/c19-15-9-14(18(23)17(10-15)22(24)25)11-20-16-5-3-13(4-6-16)12-21-7-1-2-8-21/h3-6,9-11,23H,1-2,7-8,12H2. The van der Waals surface area contributed by atoms with E-state index in [-0.39, 0.29) is 10.6 Å². The third kappa shape index (κ3) is 4.35. The number of aliphatic imine (C=N–C) groups is 1. The van der Waals surface area contributed by atoms with Crippen molar-refractivity contribution in [2.24, 2.45) is 4.99 Å². The van der Waals surface area contributed by atoms with E-state index < -0.39 is 16.4 Å². The summed E-state index contributed by atoms with van der Waals surface area (Å²) >= 11 is 5.84. The van der Waals surface area contributed by atoms with Gasteiger partial charge < -0.3 is 10.0 Å². The monoisotopic (exact) mass is 359 g/mol. The predicted octanol–water partition coefficient (Wildman–Crippen LogP) is 2.25. The van der Waals surface area contributed by atoms with E-state index >= 15 is 0 Å². The second kappa shape index (κ2) is 7.63. The second-order valence-corrected chi connectivity index (χ2v) is 6.60. The molecule has 0 aliphatic carbocycles. The maximum atomic E-state index is 12.0. The van der Waals surface area contributed by atoms with Crippen LogP contribution in [0.25, 0.3) is 0 Å². The highest BCUT2D eigenvalue weighted by Crippen LogP contribution is 2.30. The molecule has 1 heterocycles. The van der Waals surface area contributed by atoms with E-state index in [1.54, 1.807) is 4.90 Å². The van der Waals surface area contributed by atoms with Crippen LogP contribution in [0, 0.1) is 10.1 Å². The first kappa shape index (κ1) is 17.4. The molecule has 0 spiro atoms. The number of nitro benzene ring substituents is 1. The van der Waals surface area contributed by atoms with Gasteiger partial charge in [0, 0.05) is 35.7 Å². The number of rotatable bonds is 5. The molecule has 2 aromatic rings. The van der Waals surface area contributed by atoms with E-state index in [2.05, 4.69) is 4.99 Å². The molecule has 1 N–H and O–H groups in total. The molecular weight excluding hydrogens is 342 g/mol. The van der Waals surface area contributed by atoms with Crippen LogP contribution >= 0.6 is 11.6 Å². The highest BCUT2D eigenvalue weighted by atomic mass is 35.5. The van der Waals surface area contributed by atoms with Crippen LogP contribution in [0.2, 0.25) is 5.02 Å². The molecule has 0 unspecified atom stereocenters. The van der Waals surface area contributed by atoms with Crippen LogP contribution in [-0.2, 0) is 6.54 Å². The largest absolute Gasteiger partial charge is 0.867 e. The van der Waals surface area contributed by atoms with E-state index in [4.69, 9.17) is 11.6 Å². The van der Waals surface area contributed by atoms with Crippen LogP contribution < -0.4 is 10.0 Å². The van der Waals surface area contributed by atoms with Crippen molar-refractivity contribution in [2.45, 2.75) is 19.4 Å². The van der Waals surface area contributed by atoms with Gasteiger partial charge in [-0.1, -0.05) is 23.7 Å². The molecule has 2 aromatic carbocycles. The van der Waals surface area contributed by atoms with Crippen LogP contribution in [0.4, 0.5) is 11.4 Å². The quantitative estimate of drug-likeness (QED) is 0.505. The molecule has 1 saturated heterocycles. The Morgan fingerprint density at radius 1 is 1.20 bits per heavy atom. The summed E-state index contributed by atoms with van der Waals surface area (Å²) < 4.78 is 0. The summed E-state index contributed by atoms with van der Waals surface area (Å²) in [7, 11) is 0. The number of benzene rings is 2. The average molecular weight is 360 g/mol. The zero-order valence-electron chi connectivity index (χ0n) is 13.6. The van der Waals surface area contributed by atoms with Gasteiger partial charge in [0.15, 0.2) is 0 Å². The lowest BCUT2D eigenvalue weighted by atomic mass is 10.1. The molecule has 1 aliphatic heterocycles. The van der Waals surface area contributed by atoms with Gasteiger partial charge >= 0.3 is 0 Å². The lowest BCUT2D eigenvalue weighted by Crippen LogP contribution is -3.08. The fraction of sp³-hybridized carbons (Fsp3) is 0.278. The Bertz CT molecular complexity index is 800. The summed E-state index contributed by atoms with van der Waals surface area (Å²) in [5.74, 6) is -0.688. The molecule has 0 aromatic heterocycles. The topological polar surface area (TPSA) is 83.0 Å². The van der Waals surface area contributed by atoms with Crippen molar-refractivity contribution in [1.29, 1.82) is 0 Å². The van der Waals surface area contributed by atoms with Crippen molar-refractivity contribution in [3.05, 3.63) is 62.7 Å². The van der Waals surface area contributed by atoms with Gasteiger partial charge in [-0.05, 0) is 29.5 Å². The first-order valence-corrected chi connectivity index (χ1v) is 8.52. The highest BCUT2D eigenvalue weighted by Gasteiger charge is 2.15. The summed E-state index contributed by atoms with van der Waals surface area (Å²) in [6, 6.07) is 10.2. The summed E-state index contributed by atoms with van der Waals surface area (Å²) in [6.07, 6.45) is 3.91. The Morgan fingerprint density at radius 2 is 1.88 bits per heavy atom. The molecule has 0 amide bonds. The number of nitro groups is 1. The first-order chi connectivity index (χ1) is 12.0. The number of likely N-dealkylation sites (tertiary alicyclic amines) is 1. The SMILES string of the molecule is O=[N+]([O-])c1cc(Cl)cc(C=Nc2ccc(C[NH+]3CCCC3)cc2)c1[O-]. The van der Waals surface area contributed by atoms with Gasteiger partial charge in [-0.3, -0.25) is 15.1 Å². The average Bonchev–Trinajstić information content (AvgIpc) is 3.09. The summed E-state index contributed by atoms with van der Waals surface area (Å²) in [5, 5.41) is 23.1. The van der Waals surface area contributed by atoms with Crippen molar-refractivity contribution in [3.8, 4) is 5.75 Å². The minimum atomic E-state index is -0.735. The molecule has 0 atom stereocenters. The van der Waals surface area contributed by atoms with Crippen molar-refractivity contribution in [1.82, 2.24) is 0 Å². The molecule has 0 radical (unpaired) electrons. The highest BCUT2D eigenvalue weighted by molar-refractivity contribution is 6.31. The number of hydrogen-bond acceptors (Lipinski definition) is 4. The molecule has 3 rings (SSSR count). The number of nitrogens with zero attached hydrogens (tertiary/aromatic N) is 2. The zero-order valence-corrected chi connectivity index (χ0v) is 14.3. The third-order valence-corrected chi connectivity index (χ3v) is 4.53. The summed E-state index contributed by atoms with van der Waals surface area (Å²) in [4.78, 5) is 16.0. The van der Waals surface area contributed by atoms with Gasteiger partial charge in [-0.2, -0.15) is 0 Å². The molecule has 7 heteroatoms. The minimum absolute atomic E-state index is 0.102. The van der Waals surface area contributed by atoms with E-state index in [0.29, 0.717) is 5.69 Å². The number of quaternary nitrogens is 1. The maximum Gasteiger partial charge on any atom is 0.263 e. The Labute approximate surface area is 150 Å². The fourth-order valence-corrected chi connectivity index (χ4v) is 3.24. The first-order valence-electron chi connectivity index (χ1n) is 8.14. The van der Waals surface area contributed by atoms with Crippen LogP contribution in [0.15, 0.2) is 41.4 Å². The van der Waals surface area contributed by atoms with E-state index in [1.165, 1.54) is 43.8 Å². The lowest BCUT2D eigenvalue weighted by Gasteiger charge is -2.12. The Hall–Kier alpha value is -2.44. The van der Waals surface area contributed by atoms with Crippen LogP contribution in [0.5, 0.6) is 5.75 Å². The van der Waals surface area contributed by atoms with Crippen LogP contribution in [0.1, 0.15) is 24.0 Å². The molecule has 0 saturated carbocycles. The Balaban J connectivity index is 1.74. The van der Waals surface area contributed by atoms with Gasteiger partial charge in [0.25, 0.3) is 5.69 Å². The van der Waals surface area contributed by atoms with Crippen LogP contribution in [-0.4, -0.2) is 24.2 Å². The number of halogens is 1. The van der Waals surface area contributed by atoms with Crippen LogP contribution in [0.3, 0.4) is 0 Å².